The van der Waals surface area contributed by atoms with Crippen LogP contribution in [0.15, 0.2) is 36.7 Å². The van der Waals surface area contributed by atoms with Crippen LogP contribution >= 0.6 is 23.2 Å². The first-order chi connectivity index (χ1) is 13.0. The second kappa shape index (κ2) is 9.43. The van der Waals surface area contributed by atoms with Gasteiger partial charge in [0.2, 0.25) is 5.88 Å². The van der Waals surface area contributed by atoms with Crippen molar-refractivity contribution in [2.24, 2.45) is 5.92 Å². The van der Waals surface area contributed by atoms with Gasteiger partial charge in [-0.25, -0.2) is 4.98 Å². The molecule has 0 atom stereocenters. The van der Waals surface area contributed by atoms with Gasteiger partial charge in [0.1, 0.15) is 5.02 Å². The predicted octanol–water partition coefficient (Wildman–Crippen LogP) is 5.88. The molecule has 2 aromatic heterocycles. The molecule has 4 nitrogen and oxygen atoms in total. The van der Waals surface area contributed by atoms with Crippen LogP contribution < -0.4 is 4.74 Å². The summed E-state index contributed by atoms with van der Waals surface area (Å²) in [6.07, 6.45) is 12.3. The number of halogens is 2. The molecule has 2 heterocycles. The van der Waals surface area contributed by atoms with Crippen LogP contribution in [0.3, 0.4) is 0 Å². The second-order valence-electron chi connectivity index (χ2n) is 7.15. The third kappa shape index (κ3) is 6.12. The largest absolute Gasteiger partial charge is 0.476 e. The molecule has 27 heavy (non-hydrogen) atoms. The molecule has 2 aromatic rings. The van der Waals surface area contributed by atoms with Crippen LogP contribution in [0.25, 0.3) is 6.08 Å². The van der Waals surface area contributed by atoms with Gasteiger partial charge in [0.05, 0.1) is 24.7 Å². The normalized spacial score (nSPS) is 14.0. The van der Waals surface area contributed by atoms with Crippen molar-refractivity contribution < 1.29 is 4.74 Å². The summed E-state index contributed by atoms with van der Waals surface area (Å²) in [5, 5.41) is 5.17. The molecular formula is C21H25Cl2N3O. The lowest BCUT2D eigenvalue weighted by Crippen LogP contribution is -2.04. The Hall–Kier alpha value is -1.78. The third-order valence-electron chi connectivity index (χ3n) is 4.39. The first-order valence-electron chi connectivity index (χ1n) is 9.25. The molecule has 3 rings (SSSR count). The Morgan fingerprint density at radius 2 is 2.26 bits per heavy atom. The van der Waals surface area contributed by atoms with E-state index in [1.165, 1.54) is 18.4 Å². The van der Waals surface area contributed by atoms with E-state index in [1.54, 1.807) is 6.20 Å². The minimum Gasteiger partial charge on any atom is -0.476 e. The lowest BCUT2D eigenvalue weighted by Gasteiger charge is -2.08. The van der Waals surface area contributed by atoms with E-state index in [1.807, 2.05) is 29.9 Å². The number of pyridine rings is 1. The van der Waals surface area contributed by atoms with Gasteiger partial charge in [-0.05, 0) is 56.2 Å². The van der Waals surface area contributed by atoms with E-state index in [9.17, 15) is 0 Å². The van der Waals surface area contributed by atoms with Crippen molar-refractivity contribution in [3.8, 4) is 5.88 Å². The molecule has 0 saturated heterocycles. The van der Waals surface area contributed by atoms with E-state index in [0.29, 0.717) is 35.9 Å². The maximum absolute atomic E-state index is 6.32. The zero-order valence-corrected chi connectivity index (χ0v) is 17.1. The lowest BCUT2D eigenvalue weighted by molar-refractivity contribution is 0.288. The number of aromatic nitrogens is 3. The number of hydrogen-bond donors (Lipinski definition) is 0. The van der Waals surface area contributed by atoms with E-state index in [0.717, 1.165) is 29.7 Å². The topological polar surface area (TPSA) is 39.9 Å². The molecule has 0 aliphatic heterocycles. The van der Waals surface area contributed by atoms with Gasteiger partial charge < -0.3 is 4.74 Å². The molecule has 144 valence electrons. The number of hydrogen-bond acceptors (Lipinski definition) is 3. The molecule has 0 unspecified atom stereocenters. The van der Waals surface area contributed by atoms with Crippen LogP contribution in [0, 0.1) is 5.92 Å². The van der Waals surface area contributed by atoms with E-state index in [2.05, 4.69) is 22.7 Å². The summed E-state index contributed by atoms with van der Waals surface area (Å²) in [6.45, 7) is 7.24. The van der Waals surface area contributed by atoms with E-state index >= 15 is 0 Å². The van der Waals surface area contributed by atoms with Crippen LogP contribution in [0.4, 0.5) is 0 Å². The molecule has 0 amide bonds. The molecule has 0 spiro atoms. The van der Waals surface area contributed by atoms with Crippen LogP contribution in [0.1, 0.15) is 49.4 Å². The average Bonchev–Trinajstić information content (AvgIpc) is 3.38. The Bertz CT molecular complexity index is 825. The van der Waals surface area contributed by atoms with Crippen molar-refractivity contribution in [2.75, 3.05) is 6.61 Å². The Kier molecular flexibility index (Phi) is 6.97. The summed E-state index contributed by atoms with van der Waals surface area (Å²) < 4.78 is 7.55. The summed E-state index contributed by atoms with van der Waals surface area (Å²) >= 11 is 12.4. The molecule has 0 bridgehead atoms. The Morgan fingerprint density at radius 3 is 2.93 bits per heavy atom. The second-order valence-corrected chi connectivity index (χ2v) is 7.83. The maximum atomic E-state index is 6.32. The van der Waals surface area contributed by atoms with Gasteiger partial charge in [0, 0.05) is 18.0 Å². The Morgan fingerprint density at radius 1 is 1.44 bits per heavy atom. The van der Waals surface area contributed by atoms with Crippen molar-refractivity contribution >= 4 is 29.3 Å². The minimum absolute atomic E-state index is 0.424. The van der Waals surface area contributed by atoms with Gasteiger partial charge in [-0.3, -0.25) is 4.68 Å². The van der Waals surface area contributed by atoms with Crippen LogP contribution in [-0.2, 0) is 12.4 Å². The van der Waals surface area contributed by atoms with Crippen molar-refractivity contribution in [2.45, 2.75) is 45.0 Å². The summed E-state index contributed by atoms with van der Waals surface area (Å²) in [6, 6.07) is 1.89. The minimum atomic E-state index is 0.424. The summed E-state index contributed by atoms with van der Waals surface area (Å²) in [4.78, 5) is 4.36. The highest BCUT2D eigenvalue weighted by molar-refractivity contribution is 6.31. The highest BCUT2D eigenvalue weighted by Gasteiger charge is 2.22. The highest BCUT2D eigenvalue weighted by Crippen LogP contribution is 2.31. The van der Waals surface area contributed by atoms with E-state index in [-0.39, 0.29) is 0 Å². The van der Waals surface area contributed by atoms with Crippen LogP contribution in [-0.4, -0.2) is 21.4 Å². The Balaban J connectivity index is 1.64. The number of allylic oxidation sites excluding steroid dienone is 2. The maximum Gasteiger partial charge on any atom is 0.232 e. The molecule has 0 aromatic carbocycles. The summed E-state index contributed by atoms with van der Waals surface area (Å²) in [7, 11) is 0. The number of rotatable bonds is 10. The third-order valence-corrected chi connectivity index (χ3v) is 4.95. The lowest BCUT2D eigenvalue weighted by atomic mass is 10.1. The van der Waals surface area contributed by atoms with Gasteiger partial charge in [-0.2, -0.15) is 5.10 Å². The van der Waals surface area contributed by atoms with Crippen molar-refractivity contribution in [1.29, 1.82) is 0 Å². The molecule has 0 radical (unpaired) electrons. The molecule has 0 N–H and O–H groups in total. The fourth-order valence-corrected chi connectivity index (χ4v) is 3.10. The quantitative estimate of drug-likeness (QED) is 0.366. The summed E-state index contributed by atoms with van der Waals surface area (Å²) in [5.74, 6) is 1.60. The number of ether oxygens (including phenoxy) is 1. The fourth-order valence-electron chi connectivity index (χ4n) is 2.65. The molecule has 1 saturated carbocycles. The number of nitrogens with zero attached hydrogens (tertiary/aromatic N) is 3. The van der Waals surface area contributed by atoms with Gasteiger partial charge in [-0.1, -0.05) is 23.3 Å². The van der Waals surface area contributed by atoms with Crippen LogP contribution in [0.5, 0.6) is 5.88 Å². The zero-order chi connectivity index (χ0) is 19.2. The van der Waals surface area contributed by atoms with Crippen molar-refractivity contribution in [3.05, 3.63) is 58.5 Å². The van der Waals surface area contributed by atoms with E-state index in [4.69, 9.17) is 27.9 Å². The van der Waals surface area contributed by atoms with Gasteiger partial charge >= 0.3 is 0 Å². The zero-order valence-electron chi connectivity index (χ0n) is 15.6. The van der Waals surface area contributed by atoms with Gasteiger partial charge in [-0.15, -0.1) is 18.2 Å². The monoisotopic (exact) mass is 405 g/mol. The fraction of sp³-hybridized carbons (Fsp3) is 0.429. The van der Waals surface area contributed by atoms with Crippen LogP contribution in [0.2, 0.25) is 5.02 Å². The van der Waals surface area contributed by atoms with E-state index < -0.39 is 0 Å². The molecule has 1 aliphatic carbocycles. The Labute approximate surface area is 170 Å². The summed E-state index contributed by atoms with van der Waals surface area (Å²) in [5.41, 5.74) is 4.05. The van der Waals surface area contributed by atoms with Crippen molar-refractivity contribution in [1.82, 2.24) is 14.8 Å². The van der Waals surface area contributed by atoms with Gasteiger partial charge in [0.25, 0.3) is 0 Å². The van der Waals surface area contributed by atoms with Gasteiger partial charge in [0.15, 0.2) is 0 Å². The first-order valence-corrected chi connectivity index (χ1v) is 10.2. The first kappa shape index (κ1) is 20.0. The highest BCUT2D eigenvalue weighted by atomic mass is 35.5. The standard InChI is InChI=1S/C21H25Cl2N3O/c1-15(2)5-3-4-6-20-18(10-22)13-26(25-20)12-17-9-19(23)21(24-11-17)27-14-16-7-8-16/h4,6,9,11,13,16H,1,3,5,7-8,10,12,14H2,2H3/b6-4-. The molecule has 1 fully saturated rings. The molecule has 6 heteroatoms. The van der Waals surface area contributed by atoms with Crippen molar-refractivity contribution in [3.63, 3.8) is 0 Å². The SMILES string of the molecule is C=C(C)CC/C=C\c1nn(Cc2cnc(OCC3CC3)c(Cl)c2)cc1CCl. The average molecular weight is 406 g/mol. The smallest absolute Gasteiger partial charge is 0.232 e. The molecular weight excluding hydrogens is 381 g/mol. The molecule has 1 aliphatic rings. The predicted molar refractivity (Wildman–Crippen MR) is 111 cm³/mol. The number of alkyl halides is 1.